The molecule has 0 atom stereocenters. The van der Waals surface area contributed by atoms with Crippen LogP contribution in [0.2, 0.25) is 0 Å². The Hall–Kier alpha value is -0.520. The molecule has 55 valence electrons. The van der Waals surface area contributed by atoms with E-state index in [1.807, 2.05) is 0 Å². The second-order valence-electron chi connectivity index (χ2n) is 2.88. The van der Waals surface area contributed by atoms with Crippen molar-refractivity contribution >= 4 is 0 Å². The van der Waals surface area contributed by atoms with Crippen molar-refractivity contribution < 1.29 is 0 Å². The Morgan fingerprint density at radius 3 is 3.00 bits per heavy atom. The molecule has 0 aromatic heterocycles. The monoisotopic (exact) mass is 135 g/mol. The van der Waals surface area contributed by atoms with Gasteiger partial charge in [0.25, 0.3) is 0 Å². The lowest BCUT2D eigenvalue weighted by Crippen LogP contribution is -1.90. The quantitative estimate of drug-likeness (QED) is 0.521. The topological polar surface area (TPSA) is 0 Å². The Morgan fingerprint density at radius 1 is 1.50 bits per heavy atom. The predicted octanol–water partition coefficient (Wildman–Crippen LogP) is 3.26. The van der Waals surface area contributed by atoms with Crippen molar-refractivity contribution in [2.24, 2.45) is 0 Å². The highest BCUT2D eigenvalue weighted by molar-refractivity contribution is 5.05. The van der Waals surface area contributed by atoms with Crippen LogP contribution < -0.4 is 0 Å². The van der Waals surface area contributed by atoms with Gasteiger partial charge in [0.1, 0.15) is 0 Å². The van der Waals surface area contributed by atoms with Gasteiger partial charge >= 0.3 is 0 Å². The third-order valence-corrected chi connectivity index (χ3v) is 2.02. The molecule has 1 aliphatic rings. The Labute approximate surface area is 63.6 Å². The number of hydrogen-bond donors (Lipinski definition) is 0. The molecule has 0 heterocycles. The van der Waals surface area contributed by atoms with Gasteiger partial charge in [0.15, 0.2) is 0 Å². The minimum atomic E-state index is 1.05. The minimum absolute atomic E-state index is 1.05. The Morgan fingerprint density at radius 2 is 2.40 bits per heavy atom. The molecule has 1 aliphatic carbocycles. The molecule has 0 aromatic carbocycles. The molecule has 0 spiro atoms. The Kier molecular flexibility index (Phi) is 3.28. The maximum atomic E-state index is 5.29. The largest absolute Gasteiger partial charge is 0.0853 e. The van der Waals surface area contributed by atoms with Crippen molar-refractivity contribution in [1.29, 1.82) is 0 Å². The molecule has 0 heteroatoms. The van der Waals surface area contributed by atoms with Gasteiger partial charge in [-0.3, -0.25) is 0 Å². The maximum absolute atomic E-state index is 5.29. The van der Waals surface area contributed by atoms with Gasteiger partial charge in [-0.2, -0.15) is 0 Å². The van der Waals surface area contributed by atoms with E-state index in [1.165, 1.54) is 32.1 Å². The van der Waals surface area contributed by atoms with Crippen LogP contribution in [0.15, 0.2) is 17.7 Å². The van der Waals surface area contributed by atoms with Gasteiger partial charge in [-0.05, 0) is 38.5 Å². The van der Waals surface area contributed by atoms with Crippen molar-refractivity contribution in [3.8, 4) is 0 Å². The van der Waals surface area contributed by atoms with Crippen molar-refractivity contribution in [1.82, 2.24) is 0 Å². The van der Waals surface area contributed by atoms with E-state index in [2.05, 4.69) is 6.08 Å². The summed E-state index contributed by atoms with van der Waals surface area (Å²) in [5, 5.41) is 0. The van der Waals surface area contributed by atoms with E-state index >= 15 is 0 Å². The molecule has 0 N–H and O–H groups in total. The zero-order valence-electron chi connectivity index (χ0n) is 6.47. The van der Waals surface area contributed by atoms with E-state index in [-0.39, 0.29) is 0 Å². The smallest absolute Gasteiger partial charge is 0.0285 e. The van der Waals surface area contributed by atoms with Crippen molar-refractivity contribution in [3.05, 3.63) is 24.3 Å². The molecule has 0 unspecified atom stereocenters. The third-order valence-electron chi connectivity index (χ3n) is 2.02. The zero-order valence-corrected chi connectivity index (χ0v) is 6.47. The second-order valence-corrected chi connectivity index (χ2v) is 2.88. The van der Waals surface area contributed by atoms with Crippen LogP contribution in [0.4, 0.5) is 0 Å². The van der Waals surface area contributed by atoms with Gasteiger partial charge in [-0.25, -0.2) is 0 Å². The van der Waals surface area contributed by atoms with Crippen LogP contribution in [-0.4, -0.2) is 0 Å². The molecular weight excluding hydrogens is 120 g/mol. The Balaban J connectivity index is 2.24. The van der Waals surface area contributed by atoms with Crippen molar-refractivity contribution in [3.63, 3.8) is 0 Å². The predicted molar refractivity (Wildman–Crippen MR) is 44.7 cm³/mol. The second kappa shape index (κ2) is 4.32. The van der Waals surface area contributed by atoms with E-state index in [4.69, 9.17) is 6.58 Å². The summed E-state index contributed by atoms with van der Waals surface area (Å²) in [6.07, 6.45) is 11.8. The summed E-state index contributed by atoms with van der Waals surface area (Å²) in [5.74, 6) is 0. The molecule has 0 saturated carbocycles. The Bertz CT molecular complexity index is 131. The van der Waals surface area contributed by atoms with E-state index in [1.54, 1.807) is 11.6 Å². The highest BCUT2D eigenvalue weighted by Crippen LogP contribution is 2.20. The summed E-state index contributed by atoms with van der Waals surface area (Å²) >= 11 is 0. The minimum Gasteiger partial charge on any atom is -0.0853 e. The molecule has 0 nitrogen and oxygen atoms in total. The first kappa shape index (κ1) is 7.59. The molecule has 0 aliphatic heterocycles. The lowest BCUT2D eigenvalue weighted by molar-refractivity contribution is 0.676. The molecule has 1 rings (SSSR count). The van der Waals surface area contributed by atoms with Gasteiger partial charge in [-0.1, -0.05) is 24.3 Å². The molecule has 1 radical (unpaired) electrons. The van der Waals surface area contributed by atoms with Gasteiger partial charge in [0.2, 0.25) is 0 Å². The van der Waals surface area contributed by atoms with E-state index in [9.17, 15) is 0 Å². The van der Waals surface area contributed by atoms with Gasteiger partial charge in [0.05, 0.1) is 0 Å². The fourth-order valence-corrected chi connectivity index (χ4v) is 1.40. The standard InChI is InChI=1S/C10H15/c1-2-3-7-10-8-5-4-6-9-10/h1-2,8H,3-7,9H2. The normalized spacial score (nSPS) is 18.2. The summed E-state index contributed by atoms with van der Waals surface area (Å²) in [6.45, 7) is 5.29. The summed E-state index contributed by atoms with van der Waals surface area (Å²) < 4.78 is 0. The van der Waals surface area contributed by atoms with Crippen LogP contribution in [0, 0.1) is 6.58 Å². The summed E-state index contributed by atoms with van der Waals surface area (Å²) in [5.41, 5.74) is 1.62. The lowest BCUT2D eigenvalue weighted by Gasteiger charge is -2.10. The molecule has 10 heavy (non-hydrogen) atoms. The van der Waals surface area contributed by atoms with Crippen LogP contribution in [0.1, 0.15) is 38.5 Å². The highest BCUT2D eigenvalue weighted by Gasteiger charge is 2.00. The van der Waals surface area contributed by atoms with Crippen molar-refractivity contribution in [2.45, 2.75) is 38.5 Å². The SMILES string of the molecule is [CH]=CCCC1=CCCCC1. The number of hydrogen-bond acceptors (Lipinski definition) is 0. The summed E-state index contributed by atoms with van der Waals surface area (Å²) in [6, 6.07) is 0. The average molecular weight is 135 g/mol. The fraction of sp³-hybridized carbons (Fsp3) is 0.600. The summed E-state index contributed by atoms with van der Waals surface area (Å²) in [7, 11) is 0. The molecule has 0 fully saturated rings. The fourth-order valence-electron chi connectivity index (χ4n) is 1.40. The van der Waals surface area contributed by atoms with E-state index < -0.39 is 0 Å². The molecule has 0 amide bonds. The number of rotatable bonds is 3. The first-order valence-electron chi connectivity index (χ1n) is 4.15. The van der Waals surface area contributed by atoms with E-state index in [0.29, 0.717) is 0 Å². The molecule has 0 saturated heterocycles. The van der Waals surface area contributed by atoms with Gasteiger partial charge in [0, 0.05) is 0 Å². The average Bonchev–Trinajstić information content (AvgIpc) is 2.03. The molecular formula is C10H15. The van der Waals surface area contributed by atoms with E-state index in [0.717, 1.165) is 6.42 Å². The van der Waals surface area contributed by atoms with Gasteiger partial charge in [-0.15, -0.1) is 0 Å². The van der Waals surface area contributed by atoms with Crippen LogP contribution in [0.25, 0.3) is 0 Å². The van der Waals surface area contributed by atoms with Crippen molar-refractivity contribution in [2.75, 3.05) is 0 Å². The molecule has 0 bridgehead atoms. The van der Waals surface area contributed by atoms with Crippen LogP contribution >= 0.6 is 0 Å². The molecule has 0 aromatic rings. The lowest BCUT2D eigenvalue weighted by atomic mass is 9.96. The van der Waals surface area contributed by atoms with Gasteiger partial charge < -0.3 is 0 Å². The highest BCUT2D eigenvalue weighted by atomic mass is 14.1. The third kappa shape index (κ3) is 2.38. The maximum Gasteiger partial charge on any atom is -0.0285 e. The van der Waals surface area contributed by atoms with Crippen LogP contribution in [0.5, 0.6) is 0 Å². The first-order valence-corrected chi connectivity index (χ1v) is 4.15. The summed E-state index contributed by atoms with van der Waals surface area (Å²) in [4.78, 5) is 0. The zero-order chi connectivity index (χ0) is 7.23. The van der Waals surface area contributed by atoms with Crippen LogP contribution in [0.3, 0.4) is 0 Å². The number of allylic oxidation sites excluding steroid dienone is 3. The van der Waals surface area contributed by atoms with Crippen LogP contribution in [-0.2, 0) is 0 Å². The first-order chi connectivity index (χ1) is 4.93.